The summed E-state index contributed by atoms with van der Waals surface area (Å²) in [7, 11) is 0. The molecule has 1 aromatic heterocycles. The van der Waals surface area contributed by atoms with Gasteiger partial charge in [0, 0.05) is 15.8 Å². The van der Waals surface area contributed by atoms with Crippen molar-refractivity contribution in [2.24, 2.45) is 0 Å². The van der Waals surface area contributed by atoms with E-state index in [0.29, 0.717) is 6.04 Å². The van der Waals surface area contributed by atoms with Crippen LogP contribution in [0.2, 0.25) is 0 Å². The van der Waals surface area contributed by atoms with Crippen LogP contribution in [-0.4, -0.2) is 6.54 Å². The van der Waals surface area contributed by atoms with Gasteiger partial charge < -0.3 is 5.32 Å². The molecule has 0 aliphatic heterocycles. The Bertz CT molecular complexity index is 382. The molecular weight excluding hydrogens is 238 g/mol. The standard InChI is InChI=1S/C16H25NS/c1-4-9-17-14(10-12(2)3)16-11-13-7-5-6-8-15(13)18-16/h11,14,17H,2,4-10H2,1,3H3. The van der Waals surface area contributed by atoms with Gasteiger partial charge in [0.25, 0.3) is 0 Å². The number of hydrogen-bond donors (Lipinski definition) is 1. The van der Waals surface area contributed by atoms with Crippen molar-refractivity contribution in [2.45, 2.75) is 58.4 Å². The lowest BCUT2D eigenvalue weighted by Crippen LogP contribution is -2.21. The highest BCUT2D eigenvalue weighted by Gasteiger charge is 2.18. The van der Waals surface area contributed by atoms with Crippen LogP contribution < -0.4 is 5.32 Å². The second-order valence-corrected chi connectivity index (χ2v) is 6.64. The van der Waals surface area contributed by atoms with Gasteiger partial charge in [0.05, 0.1) is 0 Å². The minimum absolute atomic E-state index is 0.484. The van der Waals surface area contributed by atoms with Crippen molar-refractivity contribution in [3.8, 4) is 0 Å². The fourth-order valence-electron chi connectivity index (χ4n) is 2.63. The third-order valence-electron chi connectivity index (χ3n) is 3.55. The van der Waals surface area contributed by atoms with Crippen molar-refractivity contribution >= 4 is 11.3 Å². The predicted octanol–water partition coefficient (Wildman–Crippen LogP) is 4.63. The monoisotopic (exact) mass is 263 g/mol. The first-order valence-electron chi connectivity index (χ1n) is 7.20. The summed E-state index contributed by atoms with van der Waals surface area (Å²) in [5.41, 5.74) is 2.89. The molecule has 1 aliphatic carbocycles. The average molecular weight is 263 g/mol. The molecule has 0 aromatic carbocycles. The molecule has 1 heterocycles. The Morgan fingerprint density at radius 2 is 2.22 bits per heavy atom. The quantitative estimate of drug-likeness (QED) is 0.738. The molecule has 0 fully saturated rings. The normalized spacial score (nSPS) is 16.3. The molecule has 1 N–H and O–H groups in total. The molecule has 1 unspecified atom stereocenters. The maximum Gasteiger partial charge on any atom is 0.0452 e. The second kappa shape index (κ2) is 6.53. The van der Waals surface area contributed by atoms with Gasteiger partial charge >= 0.3 is 0 Å². The first-order valence-corrected chi connectivity index (χ1v) is 8.01. The van der Waals surface area contributed by atoms with E-state index in [2.05, 4.69) is 31.8 Å². The lowest BCUT2D eigenvalue weighted by Gasteiger charge is -2.17. The SMILES string of the molecule is C=C(C)CC(NCCC)c1cc2c(s1)CCCC2. The molecule has 0 spiro atoms. The molecule has 0 radical (unpaired) electrons. The van der Waals surface area contributed by atoms with Gasteiger partial charge in [0.15, 0.2) is 0 Å². The molecule has 1 aliphatic rings. The van der Waals surface area contributed by atoms with E-state index in [9.17, 15) is 0 Å². The average Bonchev–Trinajstić information content (AvgIpc) is 2.77. The van der Waals surface area contributed by atoms with Crippen LogP contribution in [0.5, 0.6) is 0 Å². The largest absolute Gasteiger partial charge is 0.309 e. The maximum atomic E-state index is 4.08. The summed E-state index contributed by atoms with van der Waals surface area (Å²) in [6.07, 6.45) is 7.60. The summed E-state index contributed by atoms with van der Waals surface area (Å²) in [6.45, 7) is 9.53. The molecule has 0 saturated heterocycles. The van der Waals surface area contributed by atoms with Crippen LogP contribution in [0.4, 0.5) is 0 Å². The van der Waals surface area contributed by atoms with Gasteiger partial charge in [-0.25, -0.2) is 0 Å². The zero-order chi connectivity index (χ0) is 13.0. The van der Waals surface area contributed by atoms with Crippen molar-refractivity contribution < 1.29 is 0 Å². The van der Waals surface area contributed by atoms with Gasteiger partial charge in [-0.3, -0.25) is 0 Å². The van der Waals surface area contributed by atoms with Crippen molar-refractivity contribution in [2.75, 3.05) is 6.54 Å². The Balaban J connectivity index is 2.13. The number of aryl methyl sites for hydroxylation is 2. The highest BCUT2D eigenvalue weighted by atomic mass is 32.1. The fraction of sp³-hybridized carbons (Fsp3) is 0.625. The van der Waals surface area contributed by atoms with Crippen molar-refractivity contribution in [3.63, 3.8) is 0 Å². The van der Waals surface area contributed by atoms with Gasteiger partial charge in [-0.05, 0) is 63.6 Å². The van der Waals surface area contributed by atoms with Gasteiger partial charge in [0.1, 0.15) is 0 Å². The minimum atomic E-state index is 0.484. The molecular formula is C16H25NS. The number of thiophene rings is 1. The molecule has 1 aromatic rings. The molecule has 0 saturated carbocycles. The summed E-state index contributed by atoms with van der Waals surface area (Å²) in [4.78, 5) is 3.17. The van der Waals surface area contributed by atoms with E-state index >= 15 is 0 Å². The minimum Gasteiger partial charge on any atom is -0.309 e. The zero-order valence-corrected chi connectivity index (χ0v) is 12.5. The molecule has 2 heteroatoms. The van der Waals surface area contributed by atoms with E-state index in [1.807, 2.05) is 11.3 Å². The van der Waals surface area contributed by atoms with Crippen LogP contribution in [0.1, 0.15) is 60.9 Å². The van der Waals surface area contributed by atoms with E-state index in [0.717, 1.165) is 13.0 Å². The van der Waals surface area contributed by atoms with Crippen molar-refractivity contribution in [1.82, 2.24) is 5.32 Å². The van der Waals surface area contributed by atoms with Gasteiger partial charge in [-0.15, -0.1) is 17.9 Å². The van der Waals surface area contributed by atoms with Gasteiger partial charge in [-0.2, -0.15) is 0 Å². The number of rotatable bonds is 6. The van der Waals surface area contributed by atoms with Gasteiger partial charge in [-0.1, -0.05) is 12.5 Å². The first kappa shape index (κ1) is 13.8. The van der Waals surface area contributed by atoms with E-state index in [1.165, 1.54) is 42.6 Å². The summed E-state index contributed by atoms with van der Waals surface area (Å²) in [5.74, 6) is 0. The molecule has 1 atom stereocenters. The highest BCUT2D eigenvalue weighted by Crippen LogP contribution is 2.34. The van der Waals surface area contributed by atoms with Crippen LogP contribution in [0, 0.1) is 0 Å². The van der Waals surface area contributed by atoms with E-state index in [4.69, 9.17) is 0 Å². The maximum absolute atomic E-state index is 4.08. The third kappa shape index (κ3) is 3.46. The topological polar surface area (TPSA) is 12.0 Å². The van der Waals surface area contributed by atoms with Crippen LogP contribution >= 0.6 is 11.3 Å². The molecule has 18 heavy (non-hydrogen) atoms. The van der Waals surface area contributed by atoms with Crippen LogP contribution in [0.25, 0.3) is 0 Å². The Kier molecular flexibility index (Phi) is 5.02. The lowest BCUT2D eigenvalue weighted by atomic mass is 9.98. The molecule has 0 amide bonds. The number of nitrogens with one attached hydrogen (secondary N) is 1. The Labute approximate surface area is 115 Å². The lowest BCUT2D eigenvalue weighted by molar-refractivity contribution is 0.535. The molecule has 2 rings (SSSR count). The summed E-state index contributed by atoms with van der Waals surface area (Å²) >= 11 is 2.03. The van der Waals surface area contributed by atoms with Crippen LogP contribution in [-0.2, 0) is 12.8 Å². The summed E-state index contributed by atoms with van der Waals surface area (Å²) < 4.78 is 0. The summed E-state index contributed by atoms with van der Waals surface area (Å²) in [6, 6.07) is 2.94. The van der Waals surface area contributed by atoms with Crippen LogP contribution in [0.15, 0.2) is 18.2 Å². The predicted molar refractivity (Wildman–Crippen MR) is 81.4 cm³/mol. The fourth-order valence-corrected chi connectivity index (χ4v) is 3.96. The van der Waals surface area contributed by atoms with Crippen LogP contribution in [0.3, 0.4) is 0 Å². The first-order chi connectivity index (χ1) is 8.70. The van der Waals surface area contributed by atoms with E-state index in [1.54, 1.807) is 10.4 Å². The Morgan fingerprint density at radius 1 is 1.44 bits per heavy atom. The summed E-state index contributed by atoms with van der Waals surface area (Å²) in [5, 5.41) is 3.68. The van der Waals surface area contributed by atoms with E-state index in [-0.39, 0.29) is 0 Å². The molecule has 0 bridgehead atoms. The molecule has 100 valence electrons. The Morgan fingerprint density at radius 3 is 2.89 bits per heavy atom. The third-order valence-corrected chi connectivity index (χ3v) is 4.90. The smallest absolute Gasteiger partial charge is 0.0452 e. The number of hydrogen-bond acceptors (Lipinski definition) is 2. The van der Waals surface area contributed by atoms with E-state index < -0.39 is 0 Å². The number of fused-ring (bicyclic) bond motifs is 1. The van der Waals surface area contributed by atoms with Crippen molar-refractivity contribution in [1.29, 1.82) is 0 Å². The molecule has 1 nitrogen and oxygen atoms in total. The van der Waals surface area contributed by atoms with Gasteiger partial charge in [0.2, 0.25) is 0 Å². The second-order valence-electron chi connectivity index (χ2n) is 5.47. The van der Waals surface area contributed by atoms with Crippen molar-refractivity contribution in [3.05, 3.63) is 33.5 Å². The highest BCUT2D eigenvalue weighted by molar-refractivity contribution is 7.12. The Hall–Kier alpha value is -0.600. The zero-order valence-electron chi connectivity index (χ0n) is 11.7.